The number of nitrogens with zero attached hydrogens (tertiary/aromatic N) is 1. The molecule has 144 valence electrons. The van der Waals surface area contributed by atoms with Crippen LogP contribution >= 0.6 is 11.8 Å². The topological polar surface area (TPSA) is 107 Å². The van der Waals surface area contributed by atoms with Crippen LogP contribution in [0.2, 0.25) is 0 Å². The van der Waals surface area contributed by atoms with Crippen LogP contribution in [0.15, 0.2) is 53.4 Å². The number of rotatable bonds is 5. The van der Waals surface area contributed by atoms with E-state index in [2.05, 4.69) is 5.32 Å². The zero-order valence-corrected chi connectivity index (χ0v) is 15.8. The smallest absolute Gasteiger partial charge is 0.290 e. The minimum absolute atomic E-state index is 0.0916. The van der Waals surface area contributed by atoms with Crippen LogP contribution in [0, 0.1) is 0 Å². The number of hydrogen-bond acceptors (Lipinski definition) is 6. The van der Waals surface area contributed by atoms with Crippen molar-refractivity contribution in [2.75, 3.05) is 13.6 Å². The number of phenolic OH excluding ortho intramolecular Hbond substituents is 1. The zero-order chi connectivity index (χ0) is 20.3. The molecule has 7 nitrogen and oxygen atoms in total. The first-order valence-electron chi connectivity index (χ1n) is 8.41. The number of likely N-dealkylation sites (N-methyl/N-ethyl adjacent to an activating group) is 1. The number of benzene rings is 2. The molecule has 1 atom stereocenters. The van der Waals surface area contributed by atoms with Gasteiger partial charge in [-0.15, -0.1) is 0 Å². The summed E-state index contributed by atoms with van der Waals surface area (Å²) in [5.41, 5.74) is 1.72. The quantitative estimate of drug-likeness (QED) is 0.668. The summed E-state index contributed by atoms with van der Waals surface area (Å²) in [6.45, 7) is 0.0916. The molecule has 0 saturated carbocycles. The highest BCUT2D eigenvalue weighted by molar-refractivity contribution is 8.18. The Balaban J connectivity index is 1.65. The fourth-order valence-electron chi connectivity index (χ4n) is 2.66. The number of nitrogens with one attached hydrogen (secondary N) is 1. The molecule has 28 heavy (non-hydrogen) atoms. The molecule has 0 bridgehead atoms. The highest BCUT2D eigenvalue weighted by Crippen LogP contribution is 2.25. The van der Waals surface area contributed by atoms with Gasteiger partial charge in [0.15, 0.2) is 0 Å². The van der Waals surface area contributed by atoms with Crippen molar-refractivity contribution in [1.82, 2.24) is 10.2 Å². The SMILES string of the molecule is CN(CC(O)c1ccc(O)cc1)C(=O)c1ccc(C=C2SC(=O)NC2=O)cc1. The molecule has 8 heteroatoms. The van der Waals surface area contributed by atoms with Crippen molar-refractivity contribution in [2.24, 2.45) is 0 Å². The molecule has 0 radical (unpaired) electrons. The average Bonchev–Trinajstić information content (AvgIpc) is 2.99. The van der Waals surface area contributed by atoms with E-state index >= 15 is 0 Å². The monoisotopic (exact) mass is 398 g/mol. The minimum atomic E-state index is -0.881. The van der Waals surface area contributed by atoms with Gasteiger partial charge in [0.1, 0.15) is 5.75 Å². The number of thioether (sulfide) groups is 1. The van der Waals surface area contributed by atoms with Crippen LogP contribution in [0.5, 0.6) is 5.75 Å². The van der Waals surface area contributed by atoms with Crippen molar-refractivity contribution in [1.29, 1.82) is 0 Å². The number of imide groups is 1. The summed E-state index contributed by atoms with van der Waals surface area (Å²) >= 11 is 0.832. The van der Waals surface area contributed by atoms with Crippen molar-refractivity contribution in [3.05, 3.63) is 70.1 Å². The molecule has 2 aromatic carbocycles. The molecular formula is C20H18N2O5S. The summed E-state index contributed by atoms with van der Waals surface area (Å²) < 4.78 is 0. The predicted molar refractivity (Wildman–Crippen MR) is 106 cm³/mol. The van der Waals surface area contributed by atoms with Crippen LogP contribution in [0.1, 0.15) is 27.6 Å². The Morgan fingerprint density at radius 1 is 1.14 bits per heavy atom. The van der Waals surface area contributed by atoms with Gasteiger partial charge in [-0.05, 0) is 53.2 Å². The van der Waals surface area contributed by atoms with Gasteiger partial charge >= 0.3 is 0 Å². The largest absolute Gasteiger partial charge is 0.508 e. The van der Waals surface area contributed by atoms with Gasteiger partial charge in [0.05, 0.1) is 17.6 Å². The zero-order valence-electron chi connectivity index (χ0n) is 15.0. The lowest BCUT2D eigenvalue weighted by molar-refractivity contribution is -0.115. The number of hydrogen-bond donors (Lipinski definition) is 3. The van der Waals surface area contributed by atoms with E-state index in [1.165, 1.54) is 17.0 Å². The normalized spacial score (nSPS) is 16.1. The lowest BCUT2D eigenvalue weighted by Gasteiger charge is -2.21. The van der Waals surface area contributed by atoms with Crippen LogP contribution < -0.4 is 5.32 Å². The summed E-state index contributed by atoms with van der Waals surface area (Å²) in [6, 6.07) is 12.8. The molecule has 2 aromatic rings. The molecule has 3 N–H and O–H groups in total. The third-order valence-electron chi connectivity index (χ3n) is 4.17. The van der Waals surface area contributed by atoms with E-state index in [9.17, 15) is 24.6 Å². The highest BCUT2D eigenvalue weighted by atomic mass is 32.2. The van der Waals surface area contributed by atoms with E-state index in [1.54, 1.807) is 49.5 Å². The van der Waals surface area contributed by atoms with E-state index in [1.807, 2.05) is 0 Å². The number of phenols is 1. The summed E-state index contributed by atoms with van der Waals surface area (Å²) in [7, 11) is 1.59. The van der Waals surface area contributed by atoms with Gasteiger partial charge in [-0.3, -0.25) is 19.7 Å². The van der Waals surface area contributed by atoms with Gasteiger partial charge < -0.3 is 15.1 Å². The van der Waals surface area contributed by atoms with Gasteiger partial charge in [-0.1, -0.05) is 24.3 Å². The Hall–Kier alpha value is -3.10. The summed E-state index contributed by atoms with van der Waals surface area (Å²) in [6.07, 6.45) is 0.700. The van der Waals surface area contributed by atoms with Crippen molar-refractivity contribution in [3.8, 4) is 5.75 Å². The first-order valence-corrected chi connectivity index (χ1v) is 9.22. The first-order chi connectivity index (χ1) is 13.3. The molecule has 1 heterocycles. The third kappa shape index (κ3) is 4.59. The Morgan fingerprint density at radius 2 is 1.79 bits per heavy atom. The predicted octanol–water partition coefficient (Wildman–Crippen LogP) is 2.52. The lowest BCUT2D eigenvalue weighted by Crippen LogP contribution is -2.31. The van der Waals surface area contributed by atoms with Gasteiger partial charge in [-0.2, -0.15) is 0 Å². The standard InChI is InChI=1S/C20H18N2O5S/c1-22(11-16(24)13-6-8-15(23)9-7-13)19(26)14-4-2-12(3-5-14)10-17-18(25)21-20(27)28-17/h2-10,16,23-24H,11H2,1H3,(H,21,25,27). The van der Waals surface area contributed by atoms with E-state index in [4.69, 9.17) is 0 Å². The molecule has 1 saturated heterocycles. The van der Waals surface area contributed by atoms with E-state index in [0.717, 1.165) is 11.8 Å². The number of carbonyl (C=O) groups excluding carboxylic acids is 3. The Bertz CT molecular complexity index is 938. The van der Waals surface area contributed by atoms with E-state index in [-0.39, 0.29) is 18.2 Å². The van der Waals surface area contributed by atoms with Crippen LogP contribution in [0.3, 0.4) is 0 Å². The third-order valence-corrected chi connectivity index (χ3v) is 4.98. The number of aliphatic hydroxyl groups is 1. The Morgan fingerprint density at radius 3 is 2.36 bits per heavy atom. The van der Waals surface area contributed by atoms with Gasteiger partial charge in [0, 0.05) is 12.6 Å². The molecule has 1 aliphatic heterocycles. The fraction of sp³-hybridized carbons (Fsp3) is 0.150. The number of amides is 3. The molecule has 0 aliphatic carbocycles. The highest BCUT2D eigenvalue weighted by Gasteiger charge is 2.25. The molecular weight excluding hydrogens is 380 g/mol. The van der Waals surface area contributed by atoms with Crippen molar-refractivity contribution in [2.45, 2.75) is 6.10 Å². The summed E-state index contributed by atoms with van der Waals surface area (Å²) in [5.74, 6) is -0.591. The van der Waals surface area contributed by atoms with Crippen LogP contribution in [-0.4, -0.2) is 45.8 Å². The minimum Gasteiger partial charge on any atom is -0.508 e. The second kappa shape index (κ2) is 8.28. The summed E-state index contributed by atoms with van der Waals surface area (Å²) in [4.78, 5) is 37.0. The number of carbonyl (C=O) groups is 3. The van der Waals surface area contributed by atoms with Crippen LogP contribution in [0.25, 0.3) is 6.08 Å². The lowest BCUT2D eigenvalue weighted by atomic mass is 10.1. The average molecular weight is 398 g/mol. The van der Waals surface area contributed by atoms with E-state index in [0.29, 0.717) is 21.6 Å². The van der Waals surface area contributed by atoms with Gasteiger partial charge in [0.25, 0.3) is 17.1 Å². The number of aliphatic hydroxyl groups excluding tert-OH is 1. The molecule has 0 aromatic heterocycles. The van der Waals surface area contributed by atoms with Gasteiger partial charge in [-0.25, -0.2) is 0 Å². The van der Waals surface area contributed by atoms with Crippen LogP contribution in [-0.2, 0) is 4.79 Å². The van der Waals surface area contributed by atoms with Crippen molar-refractivity contribution in [3.63, 3.8) is 0 Å². The molecule has 1 unspecified atom stereocenters. The maximum absolute atomic E-state index is 12.6. The molecule has 1 fully saturated rings. The molecule has 0 spiro atoms. The molecule has 3 amide bonds. The molecule has 3 rings (SSSR count). The summed E-state index contributed by atoms with van der Waals surface area (Å²) in [5, 5.41) is 21.4. The van der Waals surface area contributed by atoms with Crippen LogP contribution in [0.4, 0.5) is 4.79 Å². The maximum Gasteiger partial charge on any atom is 0.290 e. The molecule has 1 aliphatic rings. The van der Waals surface area contributed by atoms with Crippen molar-refractivity contribution >= 4 is 34.9 Å². The first kappa shape index (κ1) is 19.7. The Labute approximate surface area is 165 Å². The van der Waals surface area contributed by atoms with Gasteiger partial charge in [0.2, 0.25) is 0 Å². The fourth-order valence-corrected chi connectivity index (χ4v) is 3.34. The maximum atomic E-state index is 12.6. The number of aromatic hydroxyl groups is 1. The Kier molecular flexibility index (Phi) is 5.81. The van der Waals surface area contributed by atoms with E-state index < -0.39 is 17.3 Å². The van der Waals surface area contributed by atoms with Crippen molar-refractivity contribution < 1.29 is 24.6 Å². The second-order valence-electron chi connectivity index (χ2n) is 6.27. The second-order valence-corrected chi connectivity index (χ2v) is 7.28.